The van der Waals surface area contributed by atoms with Crippen molar-refractivity contribution in [1.29, 1.82) is 0 Å². The van der Waals surface area contributed by atoms with Crippen LogP contribution in [-0.2, 0) is 9.59 Å². The van der Waals surface area contributed by atoms with Gasteiger partial charge in [0.1, 0.15) is 6.04 Å². The molecule has 0 aliphatic heterocycles. The number of hydrogen-bond acceptors (Lipinski definition) is 3. The molecule has 94 valence electrons. The lowest BCUT2D eigenvalue weighted by molar-refractivity contribution is -0.148. The largest absolute Gasteiger partial charge is 0.480 e. The van der Waals surface area contributed by atoms with E-state index in [0.717, 1.165) is 0 Å². The quantitative estimate of drug-likeness (QED) is 0.744. The predicted octanol–water partition coefficient (Wildman–Crippen LogP) is 0.681. The average molecular weight is 230 g/mol. The number of nitrogens with zero attached hydrogens (tertiary/aromatic N) is 1. The summed E-state index contributed by atoms with van der Waals surface area (Å²) >= 11 is 0. The van der Waals surface area contributed by atoms with Crippen LogP contribution in [0.15, 0.2) is 0 Å². The van der Waals surface area contributed by atoms with Crippen molar-refractivity contribution < 1.29 is 14.7 Å². The number of rotatable bonds is 4. The minimum atomic E-state index is -1.01. The summed E-state index contributed by atoms with van der Waals surface area (Å²) in [5.41, 5.74) is 5.71. The van der Waals surface area contributed by atoms with Crippen LogP contribution in [0.5, 0.6) is 0 Å². The van der Waals surface area contributed by atoms with Gasteiger partial charge in [0.05, 0.1) is 0 Å². The third-order valence-electron chi connectivity index (χ3n) is 2.84. The summed E-state index contributed by atoms with van der Waals surface area (Å²) in [7, 11) is 1.48. The monoisotopic (exact) mass is 230 g/mol. The number of aliphatic carboxylic acids is 1. The molecule has 0 rings (SSSR count). The van der Waals surface area contributed by atoms with Gasteiger partial charge in [-0.25, -0.2) is 4.79 Å². The van der Waals surface area contributed by atoms with Crippen LogP contribution in [0.1, 0.15) is 34.1 Å². The van der Waals surface area contributed by atoms with Crippen molar-refractivity contribution in [1.82, 2.24) is 4.90 Å². The first-order chi connectivity index (χ1) is 7.07. The maximum Gasteiger partial charge on any atom is 0.326 e. The van der Waals surface area contributed by atoms with Gasteiger partial charge in [0.2, 0.25) is 5.91 Å². The second-order valence-corrected chi connectivity index (χ2v) is 5.20. The summed E-state index contributed by atoms with van der Waals surface area (Å²) in [4.78, 5) is 23.6. The van der Waals surface area contributed by atoms with Gasteiger partial charge < -0.3 is 15.7 Å². The van der Waals surface area contributed by atoms with Gasteiger partial charge in [-0.3, -0.25) is 4.79 Å². The number of hydrogen-bond donors (Lipinski definition) is 2. The molecule has 5 heteroatoms. The standard InChI is InChI=1S/C11H22N2O3/c1-7(10(15)16)13(5)9(14)6-8(12)11(2,3)4/h7-8H,6,12H2,1-5H3,(H,15,16). The van der Waals surface area contributed by atoms with Crippen molar-refractivity contribution in [2.24, 2.45) is 11.1 Å². The van der Waals surface area contributed by atoms with E-state index < -0.39 is 12.0 Å². The van der Waals surface area contributed by atoms with E-state index in [-0.39, 0.29) is 23.8 Å². The van der Waals surface area contributed by atoms with Gasteiger partial charge in [-0.1, -0.05) is 20.8 Å². The summed E-state index contributed by atoms with van der Waals surface area (Å²) in [6.45, 7) is 7.32. The Labute approximate surface area is 96.6 Å². The lowest BCUT2D eigenvalue weighted by Crippen LogP contribution is -2.45. The normalized spacial score (nSPS) is 15.4. The van der Waals surface area contributed by atoms with Gasteiger partial charge in [-0.2, -0.15) is 0 Å². The van der Waals surface area contributed by atoms with Crippen molar-refractivity contribution in [3.63, 3.8) is 0 Å². The molecule has 0 aliphatic rings. The van der Waals surface area contributed by atoms with Crippen molar-refractivity contribution in [3.05, 3.63) is 0 Å². The minimum absolute atomic E-state index is 0.164. The number of amides is 1. The van der Waals surface area contributed by atoms with Crippen LogP contribution in [0.25, 0.3) is 0 Å². The van der Waals surface area contributed by atoms with E-state index in [9.17, 15) is 9.59 Å². The molecule has 0 heterocycles. The lowest BCUT2D eigenvalue weighted by Gasteiger charge is -2.29. The van der Waals surface area contributed by atoms with Crippen LogP contribution in [0.2, 0.25) is 0 Å². The summed E-state index contributed by atoms with van der Waals surface area (Å²) in [5, 5.41) is 8.77. The molecule has 0 fully saturated rings. The molecule has 0 bridgehead atoms. The number of likely N-dealkylation sites (N-methyl/N-ethyl adjacent to an activating group) is 1. The topological polar surface area (TPSA) is 83.6 Å². The van der Waals surface area contributed by atoms with Crippen LogP contribution in [-0.4, -0.2) is 41.0 Å². The Bertz CT molecular complexity index is 271. The SMILES string of the molecule is CC(C(=O)O)N(C)C(=O)CC(N)C(C)(C)C. The van der Waals surface area contributed by atoms with E-state index in [2.05, 4.69) is 0 Å². The van der Waals surface area contributed by atoms with Crippen molar-refractivity contribution in [3.8, 4) is 0 Å². The number of carboxylic acid groups (broad SMARTS) is 1. The smallest absolute Gasteiger partial charge is 0.326 e. The predicted molar refractivity (Wildman–Crippen MR) is 61.9 cm³/mol. The zero-order chi connectivity index (χ0) is 13.1. The highest BCUT2D eigenvalue weighted by molar-refractivity contribution is 5.83. The van der Waals surface area contributed by atoms with Gasteiger partial charge in [0.15, 0.2) is 0 Å². The van der Waals surface area contributed by atoms with E-state index in [1.165, 1.54) is 18.9 Å². The molecule has 0 radical (unpaired) electrons. The second-order valence-electron chi connectivity index (χ2n) is 5.20. The maximum absolute atomic E-state index is 11.7. The minimum Gasteiger partial charge on any atom is -0.480 e. The Hall–Kier alpha value is -1.10. The Morgan fingerprint density at radius 2 is 1.81 bits per heavy atom. The molecule has 0 aliphatic carbocycles. The molecule has 0 spiro atoms. The highest BCUT2D eigenvalue weighted by Gasteiger charge is 2.27. The fourth-order valence-electron chi connectivity index (χ4n) is 1.02. The molecule has 0 saturated carbocycles. The first-order valence-electron chi connectivity index (χ1n) is 5.31. The summed E-state index contributed by atoms with van der Waals surface area (Å²) in [6, 6.07) is -1.09. The highest BCUT2D eigenvalue weighted by atomic mass is 16.4. The summed E-state index contributed by atoms with van der Waals surface area (Å²) < 4.78 is 0. The van der Waals surface area contributed by atoms with Crippen LogP contribution < -0.4 is 5.73 Å². The van der Waals surface area contributed by atoms with Gasteiger partial charge in [0, 0.05) is 19.5 Å². The van der Waals surface area contributed by atoms with Crippen molar-refractivity contribution >= 4 is 11.9 Å². The number of carbonyl (C=O) groups excluding carboxylic acids is 1. The number of carbonyl (C=O) groups is 2. The molecule has 0 saturated heterocycles. The molecule has 2 unspecified atom stereocenters. The third-order valence-corrected chi connectivity index (χ3v) is 2.84. The van der Waals surface area contributed by atoms with E-state index in [0.29, 0.717) is 0 Å². The molecule has 0 aromatic carbocycles. The number of nitrogens with two attached hydrogens (primary N) is 1. The fourth-order valence-corrected chi connectivity index (χ4v) is 1.02. The van der Waals surface area contributed by atoms with E-state index in [1.54, 1.807) is 0 Å². The first kappa shape index (κ1) is 14.9. The molecule has 0 aromatic heterocycles. The molecule has 1 amide bonds. The van der Waals surface area contributed by atoms with Crippen LogP contribution in [0.3, 0.4) is 0 Å². The van der Waals surface area contributed by atoms with E-state index in [4.69, 9.17) is 10.8 Å². The van der Waals surface area contributed by atoms with Gasteiger partial charge in [-0.05, 0) is 12.3 Å². The Morgan fingerprint density at radius 1 is 1.38 bits per heavy atom. The second kappa shape index (κ2) is 5.30. The van der Waals surface area contributed by atoms with Crippen LogP contribution >= 0.6 is 0 Å². The first-order valence-corrected chi connectivity index (χ1v) is 5.31. The highest BCUT2D eigenvalue weighted by Crippen LogP contribution is 2.20. The van der Waals surface area contributed by atoms with Gasteiger partial charge >= 0.3 is 5.97 Å². The molecule has 0 aromatic rings. The lowest BCUT2D eigenvalue weighted by atomic mass is 9.85. The van der Waals surface area contributed by atoms with Crippen molar-refractivity contribution in [2.45, 2.75) is 46.2 Å². The Morgan fingerprint density at radius 3 is 2.12 bits per heavy atom. The van der Waals surface area contributed by atoms with Crippen molar-refractivity contribution in [2.75, 3.05) is 7.05 Å². The summed E-state index contributed by atoms with van der Waals surface area (Å²) in [5.74, 6) is -1.25. The Balaban J connectivity index is 4.43. The molecule has 2 atom stereocenters. The molecule has 5 nitrogen and oxygen atoms in total. The van der Waals surface area contributed by atoms with Gasteiger partial charge in [0.25, 0.3) is 0 Å². The zero-order valence-corrected chi connectivity index (χ0v) is 10.7. The molecular weight excluding hydrogens is 208 g/mol. The maximum atomic E-state index is 11.7. The van der Waals surface area contributed by atoms with Gasteiger partial charge in [-0.15, -0.1) is 0 Å². The van der Waals surface area contributed by atoms with Crippen LogP contribution in [0.4, 0.5) is 0 Å². The van der Waals surface area contributed by atoms with E-state index >= 15 is 0 Å². The fraction of sp³-hybridized carbons (Fsp3) is 0.818. The molecule has 16 heavy (non-hydrogen) atoms. The van der Waals surface area contributed by atoms with Crippen LogP contribution in [0, 0.1) is 5.41 Å². The molecular formula is C11H22N2O3. The third kappa shape index (κ3) is 4.18. The Kier molecular flexibility index (Phi) is 4.93. The summed E-state index contributed by atoms with van der Waals surface area (Å²) in [6.07, 6.45) is 0.164. The number of carboxylic acids is 1. The zero-order valence-electron chi connectivity index (χ0n) is 10.7. The average Bonchev–Trinajstić information content (AvgIpc) is 2.13. The van der Waals surface area contributed by atoms with E-state index in [1.807, 2.05) is 20.8 Å². The molecule has 3 N–H and O–H groups in total.